The van der Waals surface area contributed by atoms with Crippen molar-refractivity contribution in [2.75, 3.05) is 6.54 Å². The zero-order valence-corrected chi connectivity index (χ0v) is 19.0. The number of benzene rings is 2. The first kappa shape index (κ1) is 22.3. The summed E-state index contributed by atoms with van der Waals surface area (Å²) in [6.45, 7) is 5.94. The highest BCUT2D eigenvalue weighted by Gasteiger charge is 2.49. The highest BCUT2D eigenvalue weighted by atomic mass is 16.2. The number of hydrogen-bond donors (Lipinski definition) is 1. The Balaban J connectivity index is 1.60. The molecule has 2 aromatic carbocycles. The van der Waals surface area contributed by atoms with E-state index in [1.807, 2.05) is 53.1 Å². The van der Waals surface area contributed by atoms with E-state index in [4.69, 9.17) is 5.26 Å². The summed E-state index contributed by atoms with van der Waals surface area (Å²) in [5.41, 5.74) is 1.85. The molecule has 0 spiro atoms. The lowest BCUT2D eigenvalue weighted by Gasteiger charge is -2.22. The lowest BCUT2D eigenvalue weighted by molar-refractivity contribution is -0.130. The monoisotopic (exact) mass is 442 g/mol. The molecule has 1 fully saturated rings. The molecule has 7 nitrogen and oxygen atoms in total. The molecular weight excluding hydrogens is 416 g/mol. The molecule has 1 saturated heterocycles. The number of carbonyl (C=O) groups excluding carboxylic acids is 3. The Morgan fingerprint density at radius 1 is 1.12 bits per heavy atom. The summed E-state index contributed by atoms with van der Waals surface area (Å²) in [6, 6.07) is 16.5. The molecule has 1 N–H and O–H groups in total. The van der Waals surface area contributed by atoms with Crippen molar-refractivity contribution >= 4 is 28.6 Å². The first-order valence-electron chi connectivity index (χ1n) is 11.0. The van der Waals surface area contributed by atoms with Crippen LogP contribution in [-0.4, -0.2) is 33.7 Å². The number of nitriles is 1. The molecule has 7 heteroatoms. The van der Waals surface area contributed by atoms with Gasteiger partial charge in [-0.3, -0.25) is 14.5 Å². The fourth-order valence-electron chi connectivity index (χ4n) is 4.29. The number of hydrogen-bond acceptors (Lipinski definition) is 4. The number of fused-ring (bicyclic) bond motifs is 1. The number of aryl methyl sites for hydroxylation is 1. The molecule has 1 aliphatic heterocycles. The second-order valence-electron chi connectivity index (χ2n) is 8.81. The Morgan fingerprint density at radius 2 is 1.82 bits per heavy atom. The number of nitrogens with zero attached hydrogens (tertiary/aromatic N) is 3. The minimum absolute atomic E-state index is 0.313. The number of rotatable bonds is 7. The smallest absolute Gasteiger partial charge is 0.325 e. The zero-order valence-electron chi connectivity index (χ0n) is 19.0. The highest BCUT2D eigenvalue weighted by molar-refractivity contribution is 6.14. The van der Waals surface area contributed by atoms with Crippen molar-refractivity contribution < 1.29 is 14.4 Å². The summed E-state index contributed by atoms with van der Waals surface area (Å²) >= 11 is 0. The number of Topliss-reactive ketones (excluding diaryl/α,β-unsaturated/α-hetero) is 1. The van der Waals surface area contributed by atoms with Gasteiger partial charge in [0.2, 0.25) is 0 Å². The lowest BCUT2D eigenvalue weighted by atomic mass is 9.90. The molecule has 0 radical (unpaired) electrons. The number of ketones is 1. The fourth-order valence-corrected chi connectivity index (χ4v) is 4.29. The summed E-state index contributed by atoms with van der Waals surface area (Å²) < 4.78 is 1.86. The van der Waals surface area contributed by atoms with Crippen LogP contribution in [0.2, 0.25) is 0 Å². The van der Waals surface area contributed by atoms with Gasteiger partial charge in [-0.25, -0.2) is 4.79 Å². The molecule has 33 heavy (non-hydrogen) atoms. The molecule has 1 atom stereocenters. The van der Waals surface area contributed by atoms with Gasteiger partial charge in [0.1, 0.15) is 5.54 Å². The molecule has 0 aliphatic carbocycles. The summed E-state index contributed by atoms with van der Waals surface area (Å²) in [6.07, 6.45) is 2.01. The summed E-state index contributed by atoms with van der Waals surface area (Å²) in [7, 11) is 0. The van der Waals surface area contributed by atoms with Crippen LogP contribution in [0.4, 0.5) is 4.79 Å². The maximum atomic E-state index is 13.3. The standard InChI is InChI=1S/C26H26N4O3/c1-17(2)18-9-11-19(12-10-18)26(3)24(32)30(25(33)28-26)16-23(31)21-15-29(14-6-13-27)22-8-5-4-7-20(21)22/h4-5,7-12,15,17H,6,14,16H2,1-3H3,(H,28,33). The Hall–Kier alpha value is -3.92. The molecule has 168 valence electrons. The lowest BCUT2D eigenvalue weighted by Crippen LogP contribution is -2.41. The first-order chi connectivity index (χ1) is 15.8. The minimum Gasteiger partial charge on any atom is -0.346 e. The van der Waals surface area contributed by atoms with Crippen LogP contribution >= 0.6 is 0 Å². The van der Waals surface area contributed by atoms with Crippen molar-refractivity contribution in [3.8, 4) is 6.07 Å². The quantitative estimate of drug-likeness (QED) is 0.435. The SMILES string of the molecule is CC(C)c1ccc(C2(C)NC(=O)N(CC(=O)c3cn(CCC#N)c4ccccc34)C2=O)cc1. The Kier molecular flexibility index (Phi) is 5.77. The predicted octanol–water partition coefficient (Wildman–Crippen LogP) is 4.33. The van der Waals surface area contributed by atoms with Crippen LogP contribution in [-0.2, 0) is 16.9 Å². The van der Waals surface area contributed by atoms with Gasteiger partial charge < -0.3 is 9.88 Å². The topological polar surface area (TPSA) is 95.2 Å². The van der Waals surface area contributed by atoms with Gasteiger partial charge >= 0.3 is 6.03 Å². The van der Waals surface area contributed by atoms with Crippen LogP contribution in [0.3, 0.4) is 0 Å². The van der Waals surface area contributed by atoms with E-state index in [0.717, 1.165) is 21.4 Å². The fraction of sp³-hybridized carbons (Fsp3) is 0.308. The second-order valence-corrected chi connectivity index (χ2v) is 8.81. The number of urea groups is 1. The van der Waals surface area contributed by atoms with Gasteiger partial charge in [-0.1, -0.05) is 56.3 Å². The molecule has 0 saturated carbocycles. The number of nitrogens with one attached hydrogen (secondary N) is 1. The molecule has 1 unspecified atom stereocenters. The number of imide groups is 1. The van der Waals surface area contributed by atoms with Crippen molar-refractivity contribution in [1.82, 2.24) is 14.8 Å². The molecule has 1 aromatic heterocycles. The van der Waals surface area contributed by atoms with Crippen molar-refractivity contribution in [3.63, 3.8) is 0 Å². The van der Waals surface area contributed by atoms with Gasteiger partial charge in [-0.15, -0.1) is 0 Å². The third-order valence-electron chi connectivity index (χ3n) is 6.28. The van der Waals surface area contributed by atoms with Crippen LogP contribution in [0, 0.1) is 11.3 Å². The van der Waals surface area contributed by atoms with Crippen LogP contribution in [0.15, 0.2) is 54.7 Å². The summed E-state index contributed by atoms with van der Waals surface area (Å²) in [4.78, 5) is 40.2. The Morgan fingerprint density at radius 3 is 2.48 bits per heavy atom. The van der Waals surface area contributed by atoms with Gasteiger partial charge in [-0.2, -0.15) is 5.26 Å². The molecule has 2 heterocycles. The van der Waals surface area contributed by atoms with E-state index in [1.54, 1.807) is 13.1 Å². The summed E-state index contributed by atoms with van der Waals surface area (Å²) in [5, 5.41) is 12.4. The number of amides is 3. The maximum absolute atomic E-state index is 13.3. The molecule has 1 aliphatic rings. The normalized spacial score (nSPS) is 18.1. The van der Waals surface area contributed by atoms with Gasteiger partial charge in [0, 0.05) is 29.2 Å². The highest BCUT2D eigenvalue weighted by Crippen LogP contribution is 2.31. The average molecular weight is 443 g/mol. The zero-order chi connectivity index (χ0) is 23.8. The van der Waals surface area contributed by atoms with E-state index in [1.165, 1.54) is 0 Å². The molecule has 3 amide bonds. The van der Waals surface area contributed by atoms with Gasteiger partial charge in [-0.05, 0) is 30.0 Å². The Bertz CT molecular complexity index is 1280. The van der Waals surface area contributed by atoms with E-state index in [0.29, 0.717) is 30.0 Å². The van der Waals surface area contributed by atoms with Crippen molar-refractivity contribution in [2.45, 2.75) is 45.2 Å². The molecule has 0 bridgehead atoms. The van der Waals surface area contributed by atoms with E-state index in [9.17, 15) is 14.4 Å². The predicted molar refractivity (Wildman–Crippen MR) is 125 cm³/mol. The van der Waals surface area contributed by atoms with Crippen molar-refractivity contribution in [3.05, 3.63) is 71.4 Å². The van der Waals surface area contributed by atoms with E-state index in [2.05, 4.69) is 25.2 Å². The second kappa shape index (κ2) is 8.55. The van der Waals surface area contributed by atoms with E-state index >= 15 is 0 Å². The van der Waals surface area contributed by atoms with E-state index in [-0.39, 0.29) is 12.3 Å². The largest absolute Gasteiger partial charge is 0.346 e. The molecule has 4 rings (SSSR count). The minimum atomic E-state index is -1.23. The van der Waals surface area contributed by atoms with Gasteiger partial charge in [0.25, 0.3) is 5.91 Å². The van der Waals surface area contributed by atoms with Crippen molar-refractivity contribution in [1.29, 1.82) is 5.26 Å². The number of carbonyl (C=O) groups is 3. The summed E-state index contributed by atoms with van der Waals surface area (Å²) in [5.74, 6) is -0.429. The maximum Gasteiger partial charge on any atom is 0.325 e. The van der Waals surface area contributed by atoms with Crippen LogP contribution in [0.25, 0.3) is 10.9 Å². The number of para-hydroxylation sites is 1. The molecular formula is C26H26N4O3. The van der Waals surface area contributed by atoms with Crippen LogP contribution in [0.1, 0.15) is 54.6 Å². The van der Waals surface area contributed by atoms with Gasteiger partial charge in [0.15, 0.2) is 5.78 Å². The van der Waals surface area contributed by atoms with E-state index < -0.39 is 17.5 Å². The van der Waals surface area contributed by atoms with Gasteiger partial charge in [0.05, 0.1) is 19.0 Å². The average Bonchev–Trinajstić information content (AvgIpc) is 3.28. The van der Waals surface area contributed by atoms with Crippen LogP contribution < -0.4 is 5.32 Å². The third-order valence-corrected chi connectivity index (χ3v) is 6.28. The third kappa shape index (κ3) is 3.89. The molecule has 3 aromatic rings. The Labute approximate surface area is 192 Å². The van der Waals surface area contributed by atoms with Crippen LogP contribution in [0.5, 0.6) is 0 Å². The first-order valence-corrected chi connectivity index (χ1v) is 11.0. The van der Waals surface area contributed by atoms with Crippen molar-refractivity contribution in [2.24, 2.45) is 0 Å². The number of aromatic nitrogens is 1.